The van der Waals surface area contributed by atoms with Gasteiger partial charge < -0.3 is 9.80 Å². The Morgan fingerprint density at radius 3 is 2.42 bits per heavy atom. The molecular weight excluding hydrogens is 352 g/mol. The first kappa shape index (κ1) is 18.0. The first-order chi connectivity index (χ1) is 12.3. The minimum atomic E-state index is -0.0574. The van der Waals surface area contributed by atoms with E-state index in [0.717, 1.165) is 16.1 Å². The molecule has 0 saturated carbocycles. The zero-order valence-corrected chi connectivity index (χ0v) is 15.9. The maximum atomic E-state index is 11.9. The molecule has 0 aliphatic rings. The molecule has 0 N–H and O–H groups in total. The van der Waals surface area contributed by atoms with Crippen LogP contribution < -0.4 is 0 Å². The highest BCUT2D eigenvalue weighted by Crippen LogP contribution is 2.26. The van der Waals surface area contributed by atoms with Crippen molar-refractivity contribution in [2.75, 3.05) is 28.2 Å². The molecule has 0 atom stereocenters. The van der Waals surface area contributed by atoms with Gasteiger partial charge in [0, 0.05) is 33.8 Å². The van der Waals surface area contributed by atoms with E-state index in [1.54, 1.807) is 37.6 Å². The third-order valence-electron chi connectivity index (χ3n) is 3.89. The molecule has 3 aromatic rings. The van der Waals surface area contributed by atoms with Gasteiger partial charge in [0.1, 0.15) is 5.01 Å². The second kappa shape index (κ2) is 7.20. The van der Waals surface area contributed by atoms with Crippen LogP contribution in [0.15, 0.2) is 24.3 Å². The Morgan fingerprint density at radius 1 is 1.04 bits per heavy atom. The van der Waals surface area contributed by atoms with Crippen molar-refractivity contribution in [3.63, 3.8) is 0 Å². The van der Waals surface area contributed by atoms with Crippen LogP contribution in [0, 0.1) is 0 Å². The number of carbonyl (C=O) groups is 2. The van der Waals surface area contributed by atoms with E-state index in [1.807, 2.05) is 24.3 Å². The Kier molecular flexibility index (Phi) is 4.99. The number of hydrogen-bond donors (Lipinski definition) is 0. The summed E-state index contributed by atoms with van der Waals surface area (Å²) in [7, 11) is 6.89. The number of rotatable bonds is 5. The fraction of sp³-hybridized carbons (Fsp3) is 0.353. The maximum Gasteiger partial charge on any atom is 0.234 e. The lowest BCUT2D eigenvalue weighted by atomic mass is 10.1. The summed E-state index contributed by atoms with van der Waals surface area (Å²) in [6.45, 7) is 0. The Hall–Kier alpha value is -2.81. The molecule has 0 bridgehead atoms. The van der Waals surface area contributed by atoms with Gasteiger partial charge in [-0.15, -0.1) is 10.2 Å². The smallest absolute Gasteiger partial charge is 0.234 e. The average Bonchev–Trinajstić information content (AvgIpc) is 3.17. The molecule has 2 aromatic heterocycles. The lowest BCUT2D eigenvalue weighted by molar-refractivity contribution is -0.128. The third-order valence-corrected chi connectivity index (χ3v) is 4.84. The molecule has 0 unspecified atom stereocenters. The van der Waals surface area contributed by atoms with Gasteiger partial charge in [0.25, 0.3) is 0 Å². The highest BCUT2D eigenvalue weighted by atomic mass is 32.1. The Bertz CT molecular complexity index is 959. The third kappa shape index (κ3) is 3.72. The van der Waals surface area contributed by atoms with Crippen LogP contribution in [-0.2, 0) is 22.4 Å². The van der Waals surface area contributed by atoms with Crippen LogP contribution in [0.5, 0.6) is 0 Å². The summed E-state index contributed by atoms with van der Waals surface area (Å²) in [6.07, 6.45) is 0.488. The van der Waals surface area contributed by atoms with Gasteiger partial charge in [-0.1, -0.05) is 29.5 Å². The van der Waals surface area contributed by atoms with Crippen molar-refractivity contribution in [1.82, 2.24) is 29.6 Å². The highest BCUT2D eigenvalue weighted by Gasteiger charge is 2.17. The van der Waals surface area contributed by atoms with E-state index in [2.05, 4.69) is 15.3 Å². The summed E-state index contributed by atoms with van der Waals surface area (Å²) in [5, 5.41) is 13.5. The Balaban J connectivity index is 1.88. The molecule has 0 spiro atoms. The van der Waals surface area contributed by atoms with Crippen LogP contribution in [0.3, 0.4) is 0 Å². The van der Waals surface area contributed by atoms with Crippen LogP contribution in [0.1, 0.15) is 11.4 Å². The number of amides is 2. The molecule has 3 rings (SSSR count). The molecular formula is C17H20N6O2S. The average molecular weight is 372 g/mol. The molecule has 136 valence electrons. The quantitative estimate of drug-likeness (QED) is 0.670. The zero-order valence-electron chi connectivity index (χ0n) is 15.1. The molecule has 26 heavy (non-hydrogen) atoms. The van der Waals surface area contributed by atoms with Crippen molar-refractivity contribution in [3.8, 4) is 10.6 Å². The van der Waals surface area contributed by atoms with Gasteiger partial charge in [-0.3, -0.25) is 9.59 Å². The molecule has 9 heteroatoms. The lowest BCUT2D eigenvalue weighted by Crippen LogP contribution is -2.24. The van der Waals surface area contributed by atoms with Crippen LogP contribution in [0.25, 0.3) is 15.5 Å². The Morgan fingerprint density at radius 2 is 1.73 bits per heavy atom. The number of hydrogen-bond acceptors (Lipinski definition) is 6. The molecule has 8 nitrogen and oxygen atoms in total. The van der Waals surface area contributed by atoms with Crippen LogP contribution in [0.4, 0.5) is 0 Å². The largest absolute Gasteiger partial charge is 0.349 e. The number of aromatic nitrogens is 4. The first-order valence-electron chi connectivity index (χ1n) is 8.06. The summed E-state index contributed by atoms with van der Waals surface area (Å²) in [6, 6.07) is 7.73. The van der Waals surface area contributed by atoms with Crippen molar-refractivity contribution in [2.45, 2.75) is 12.8 Å². The SMILES string of the molecule is CN(C)C(=O)Cc1cccc(-c2nn3c(CC(=O)N(C)C)nnc3s2)c1. The minimum absolute atomic E-state index is 0.0461. The van der Waals surface area contributed by atoms with Crippen LogP contribution in [0.2, 0.25) is 0 Å². The molecule has 0 aliphatic heterocycles. The van der Waals surface area contributed by atoms with Crippen LogP contribution >= 0.6 is 11.3 Å². The normalized spacial score (nSPS) is 10.9. The van der Waals surface area contributed by atoms with Gasteiger partial charge in [-0.05, 0) is 11.6 Å². The fourth-order valence-corrected chi connectivity index (χ4v) is 3.18. The van der Waals surface area contributed by atoms with Crippen molar-refractivity contribution >= 4 is 28.1 Å². The number of fused-ring (bicyclic) bond motifs is 1. The summed E-state index contributed by atoms with van der Waals surface area (Å²) in [5.41, 5.74) is 1.84. The van der Waals surface area contributed by atoms with Gasteiger partial charge in [0.2, 0.25) is 16.8 Å². The maximum absolute atomic E-state index is 11.9. The van der Waals surface area contributed by atoms with E-state index in [-0.39, 0.29) is 18.2 Å². The van der Waals surface area contributed by atoms with Gasteiger partial charge in [-0.2, -0.15) is 9.61 Å². The van der Waals surface area contributed by atoms with E-state index in [9.17, 15) is 9.59 Å². The van der Waals surface area contributed by atoms with Crippen molar-refractivity contribution in [2.24, 2.45) is 0 Å². The predicted octanol–water partition coefficient (Wildman–Crippen LogP) is 1.11. The second-order valence-electron chi connectivity index (χ2n) is 6.35. The topological polar surface area (TPSA) is 83.7 Å². The minimum Gasteiger partial charge on any atom is -0.349 e. The van der Waals surface area contributed by atoms with E-state index in [4.69, 9.17) is 0 Å². The number of likely N-dealkylation sites (N-methyl/N-ethyl adjacent to an activating group) is 2. The van der Waals surface area contributed by atoms with Gasteiger partial charge in [-0.25, -0.2) is 0 Å². The molecule has 0 fully saturated rings. The van der Waals surface area contributed by atoms with E-state index in [1.165, 1.54) is 16.2 Å². The number of benzene rings is 1. The molecule has 0 aliphatic carbocycles. The lowest BCUT2D eigenvalue weighted by Gasteiger charge is -2.10. The standard InChI is InChI=1S/C17H20N6O2S/c1-21(2)14(24)9-11-6-5-7-12(8-11)16-20-23-13(10-15(25)22(3)4)18-19-17(23)26-16/h5-8H,9-10H2,1-4H3. The van der Waals surface area contributed by atoms with Crippen LogP contribution in [-0.4, -0.2) is 69.6 Å². The van der Waals surface area contributed by atoms with Crippen molar-refractivity contribution in [3.05, 3.63) is 35.7 Å². The molecule has 2 amide bonds. The zero-order chi connectivity index (χ0) is 18.8. The van der Waals surface area contributed by atoms with Crippen molar-refractivity contribution in [1.29, 1.82) is 0 Å². The molecule has 1 aromatic carbocycles. The van der Waals surface area contributed by atoms with Gasteiger partial charge in [0.05, 0.1) is 12.8 Å². The summed E-state index contributed by atoms with van der Waals surface area (Å²) in [4.78, 5) is 27.6. The monoisotopic (exact) mass is 372 g/mol. The van der Waals surface area contributed by atoms with Gasteiger partial charge in [0.15, 0.2) is 5.82 Å². The predicted molar refractivity (Wildman–Crippen MR) is 98.9 cm³/mol. The summed E-state index contributed by atoms with van der Waals surface area (Å²) >= 11 is 1.40. The first-order valence-corrected chi connectivity index (χ1v) is 8.87. The Labute approximate surface area is 155 Å². The van der Waals surface area contributed by atoms with E-state index in [0.29, 0.717) is 17.2 Å². The molecule has 0 radical (unpaired) electrons. The fourth-order valence-electron chi connectivity index (χ4n) is 2.32. The molecule has 0 saturated heterocycles. The van der Waals surface area contributed by atoms with E-state index < -0.39 is 0 Å². The number of nitrogens with zero attached hydrogens (tertiary/aromatic N) is 6. The van der Waals surface area contributed by atoms with Crippen molar-refractivity contribution < 1.29 is 9.59 Å². The molecule has 2 heterocycles. The highest BCUT2D eigenvalue weighted by molar-refractivity contribution is 7.19. The summed E-state index contributed by atoms with van der Waals surface area (Å²) < 4.78 is 1.61. The number of carbonyl (C=O) groups excluding carboxylic acids is 2. The summed E-state index contributed by atoms with van der Waals surface area (Å²) in [5.74, 6) is 0.503. The van der Waals surface area contributed by atoms with E-state index >= 15 is 0 Å². The van der Waals surface area contributed by atoms with Gasteiger partial charge >= 0.3 is 0 Å². The second-order valence-corrected chi connectivity index (χ2v) is 7.30.